The van der Waals surface area contributed by atoms with Crippen molar-refractivity contribution in [2.45, 2.75) is 51.0 Å². The molecule has 0 aromatic rings. The van der Waals surface area contributed by atoms with Crippen LogP contribution in [0.3, 0.4) is 0 Å². The maximum atomic E-state index is 5.95. The summed E-state index contributed by atoms with van der Waals surface area (Å²) < 4.78 is 5.46. The van der Waals surface area contributed by atoms with Crippen LogP contribution in [0.2, 0.25) is 0 Å². The van der Waals surface area contributed by atoms with Gasteiger partial charge in [-0.25, -0.2) is 0 Å². The van der Waals surface area contributed by atoms with Gasteiger partial charge < -0.3 is 20.7 Å². The Morgan fingerprint density at radius 3 is 2.48 bits per heavy atom. The second-order valence-electron chi connectivity index (χ2n) is 5.92. The third-order valence-corrected chi connectivity index (χ3v) is 4.25. The minimum absolute atomic E-state index is 0. The fourth-order valence-corrected chi connectivity index (χ4v) is 2.55. The first-order valence-corrected chi connectivity index (χ1v) is 7.90. The van der Waals surface area contributed by atoms with Gasteiger partial charge in [-0.15, -0.1) is 24.0 Å². The summed E-state index contributed by atoms with van der Waals surface area (Å²) >= 11 is 0. The number of aliphatic imine (C=N–C) groups is 1. The van der Waals surface area contributed by atoms with Gasteiger partial charge in [0.15, 0.2) is 5.96 Å². The van der Waals surface area contributed by atoms with Crippen LogP contribution < -0.4 is 11.1 Å². The highest BCUT2D eigenvalue weighted by atomic mass is 127. The normalized spacial score (nSPS) is 18.4. The highest BCUT2D eigenvalue weighted by Crippen LogP contribution is 2.26. The summed E-state index contributed by atoms with van der Waals surface area (Å²) in [6.07, 6.45) is 7.02. The Morgan fingerprint density at radius 2 is 1.90 bits per heavy atom. The van der Waals surface area contributed by atoms with E-state index in [9.17, 15) is 0 Å². The highest BCUT2D eigenvalue weighted by molar-refractivity contribution is 14.0. The van der Waals surface area contributed by atoms with Gasteiger partial charge in [0, 0.05) is 25.3 Å². The van der Waals surface area contributed by atoms with Gasteiger partial charge in [-0.2, -0.15) is 0 Å². The highest BCUT2D eigenvalue weighted by Gasteiger charge is 2.34. The molecule has 0 radical (unpaired) electrons. The summed E-state index contributed by atoms with van der Waals surface area (Å²) in [6, 6.07) is 0. The number of nitrogens with one attached hydrogen (secondary N) is 1. The van der Waals surface area contributed by atoms with E-state index in [4.69, 9.17) is 10.5 Å². The minimum Gasteiger partial charge on any atom is -0.381 e. The summed E-state index contributed by atoms with van der Waals surface area (Å²) in [5, 5.41) is 3.22. The van der Waals surface area contributed by atoms with Crippen molar-refractivity contribution in [2.75, 3.05) is 40.4 Å². The molecule has 126 valence electrons. The zero-order chi connectivity index (χ0) is 14.8. The number of nitrogens with two attached hydrogens (primary N) is 1. The van der Waals surface area contributed by atoms with Crippen LogP contribution in [0.1, 0.15) is 45.4 Å². The zero-order valence-electron chi connectivity index (χ0n) is 13.9. The van der Waals surface area contributed by atoms with Gasteiger partial charge in [0.25, 0.3) is 0 Å². The van der Waals surface area contributed by atoms with E-state index in [-0.39, 0.29) is 29.5 Å². The SMILES string of the molecule is CCCCCCNC(N)=NCC1(N(C)C)CCOCC1.I. The van der Waals surface area contributed by atoms with Gasteiger partial charge in [0.1, 0.15) is 0 Å². The molecule has 0 spiro atoms. The van der Waals surface area contributed by atoms with Crippen molar-refractivity contribution in [1.82, 2.24) is 10.2 Å². The lowest BCUT2D eigenvalue weighted by Gasteiger charge is -2.41. The first-order chi connectivity index (χ1) is 9.60. The number of rotatable bonds is 8. The van der Waals surface area contributed by atoms with E-state index in [1.54, 1.807) is 0 Å². The molecule has 1 rings (SSSR count). The molecule has 1 saturated heterocycles. The molecule has 0 aromatic heterocycles. The second-order valence-corrected chi connectivity index (χ2v) is 5.92. The first-order valence-electron chi connectivity index (χ1n) is 7.90. The first kappa shape index (κ1) is 20.9. The molecular weight excluding hydrogens is 379 g/mol. The molecule has 6 heteroatoms. The molecule has 0 unspecified atom stereocenters. The van der Waals surface area contributed by atoms with E-state index < -0.39 is 0 Å². The monoisotopic (exact) mass is 412 g/mol. The quantitative estimate of drug-likeness (QED) is 0.278. The van der Waals surface area contributed by atoms with Crippen LogP contribution in [-0.2, 0) is 4.74 Å². The van der Waals surface area contributed by atoms with Crippen molar-refractivity contribution in [3.63, 3.8) is 0 Å². The molecule has 0 amide bonds. The predicted octanol–water partition coefficient (Wildman–Crippen LogP) is 2.20. The lowest BCUT2D eigenvalue weighted by atomic mass is 9.89. The molecule has 21 heavy (non-hydrogen) atoms. The average molecular weight is 412 g/mol. The topological polar surface area (TPSA) is 62.9 Å². The van der Waals surface area contributed by atoms with Crippen molar-refractivity contribution in [1.29, 1.82) is 0 Å². The lowest BCUT2D eigenvalue weighted by Crippen LogP contribution is -2.51. The summed E-state index contributed by atoms with van der Waals surface area (Å²) in [6.45, 7) is 5.53. The number of hydrogen-bond donors (Lipinski definition) is 2. The Bertz CT molecular complexity index is 291. The smallest absolute Gasteiger partial charge is 0.188 e. The third-order valence-electron chi connectivity index (χ3n) is 4.25. The van der Waals surface area contributed by atoms with Crippen molar-refractivity contribution in [2.24, 2.45) is 10.7 Å². The molecule has 1 fully saturated rings. The van der Waals surface area contributed by atoms with E-state index in [0.717, 1.165) is 45.6 Å². The molecule has 0 saturated carbocycles. The molecule has 0 atom stereocenters. The molecule has 5 nitrogen and oxygen atoms in total. The lowest BCUT2D eigenvalue weighted by molar-refractivity contribution is -0.00252. The number of halogens is 1. The van der Waals surface area contributed by atoms with Crippen LogP contribution in [0.4, 0.5) is 0 Å². The number of ether oxygens (including phenoxy) is 1. The van der Waals surface area contributed by atoms with Gasteiger partial charge in [0.2, 0.25) is 0 Å². The summed E-state index contributed by atoms with van der Waals surface area (Å²) in [5.41, 5.74) is 6.06. The Kier molecular flexibility index (Phi) is 11.4. The maximum absolute atomic E-state index is 5.95. The van der Waals surface area contributed by atoms with E-state index in [1.165, 1.54) is 19.3 Å². The standard InChI is InChI=1S/C15H32N4O.HI/c1-4-5-6-7-10-17-14(16)18-13-15(19(2)3)8-11-20-12-9-15;/h4-13H2,1-3H3,(H3,16,17,18);1H. The Morgan fingerprint density at radius 1 is 1.24 bits per heavy atom. The molecule has 1 aliphatic heterocycles. The van der Waals surface area contributed by atoms with Crippen LogP contribution in [0.15, 0.2) is 4.99 Å². The van der Waals surface area contributed by atoms with E-state index in [1.807, 2.05) is 0 Å². The number of unbranched alkanes of at least 4 members (excludes halogenated alkanes) is 3. The van der Waals surface area contributed by atoms with Crippen LogP contribution >= 0.6 is 24.0 Å². The van der Waals surface area contributed by atoms with Crippen molar-refractivity contribution >= 4 is 29.9 Å². The zero-order valence-corrected chi connectivity index (χ0v) is 16.2. The van der Waals surface area contributed by atoms with Gasteiger partial charge >= 0.3 is 0 Å². The summed E-state index contributed by atoms with van der Waals surface area (Å²) in [5.74, 6) is 0.578. The predicted molar refractivity (Wildman–Crippen MR) is 101 cm³/mol. The number of likely N-dealkylation sites (N-methyl/N-ethyl adjacent to an activating group) is 1. The molecule has 1 heterocycles. The maximum Gasteiger partial charge on any atom is 0.188 e. The van der Waals surface area contributed by atoms with Crippen LogP contribution in [0, 0.1) is 0 Å². The van der Waals surface area contributed by atoms with Crippen LogP contribution in [-0.4, -0.2) is 56.8 Å². The van der Waals surface area contributed by atoms with Crippen molar-refractivity contribution in [3.05, 3.63) is 0 Å². The Balaban J connectivity index is 0.00000400. The van der Waals surface area contributed by atoms with E-state index >= 15 is 0 Å². The average Bonchev–Trinajstić information content (AvgIpc) is 2.46. The van der Waals surface area contributed by atoms with Crippen molar-refractivity contribution in [3.8, 4) is 0 Å². The van der Waals surface area contributed by atoms with E-state index in [0.29, 0.717) is 5.96 Å². The number of hydrogen-bond acceptors (Lipinski definition) is 3. The molecule has 1 aliphatic rings. The molecule has 0 aliphatic carbocycles. The Hall–Kier alpha value is -0.0800. The van der Waals surface area contributed by atoms with E-state index in [2.05, 4.69) is 36.2 Å². The third kappa shape index (κ3) is 7.65. The second kappa shape index (κ2) is 11.5. The summed E-state index contributed by atoms with van der Waals surface area (Å²) in [4.78, 5) is 6.82. The molecule has 0 aromatic carbocycles. The van der Waals surface area contributed by atoms with Gasteiger partial charge in [-0.05, 0) is 33.4 Å². The number of guanidine groups is 1. The molecule has 3 N–H and O–H groups in total. The Labute approximate surface area is 147 Å². The molecule has 0 bridgehead atoms. The van der Waals surface area contributed by atoms with Gasteiger partial charge in [-0.1, -0.05) is 26.2 Å². The summed E-state index contributed by atoms with van der Waals surface area (Å²) in [7, 11) is 4.24. The molecular formula is C15H33IN4O. The van der Waals surface area contributed by atoms with Gasteiger partial charge in [-0.3, -0.25) is 4.99 Å². The van der Waals surface area contributed by atoms with Crippen LogP contribution in [0.5, 0.6) is 0 Å². The largest absolute Gasteiger partial charge is 0.381 e. The number of nitrogens with zero attached hydrogens (tertiary/aromatic N) is 2. The van der Waals surface area contributed by atoms with Crippen LogP contribution in [0.25, 0.3) is 0 Å². The fourth-order valence-electron chi connectivity index (χ4n) is 2.55. The van der Waals surface area contributed by atoms with Crippen molar-refractivity contribution < 1.29 is 4.74 Å². The van der Waals surface area contributed by atoms with Gasteiger partial charge in [0.05, 0.1) is 6.54 Å². The fraction of sp³-hybridized carbons (Fsp3) is 0.933. The minimum atomic E-state index is 0.